The normalized spacial score (nSPS) is 25.9. The molecule has 0 saturated carbocycles. The maximum atomic E-state index is 15.5. The fourth-order valence-corrected chi connectivity index (χ4v) is 12.7. The quantitative estimate of drug-likeness (QED) is 0.1000. The van der Waals surface area contributed by atoms with E-state index in [0.29, 0.717) is 57.1 Å². The first-order chi connectivity index (χ1) is 31.2. The first-order valence-corrected chi connectivity index (χ1v) is 21.8. The van der Waals surface area contributed by atoms with Crippen molar-refractivity contribution in [1.82, 2.24) is 14.7 Å². The number of amides is 1. The smallest absolute Gasteiger partial charge is 0.504 e. The zero-order chi connectivity index (χ0) is 46.2. The molecule has 7 aliphatic rings. The van der Waals surface area contributed by atoms with Gasteiger partial charge < -0.3 is 47.7 Å². The Morgan fingerprint density at radius 2 is 1.72 bits per heavy atom. The molecule has 7 atom stereocenters. The summed E-state index contributed by atoms with van der Waals surface area (Å²) in [5.74, 6) is -0.446. The summed E-state index contributed by atoms with van der Waals surface area (Å²) < 4.78 is 52.1. The van der Waals surface area contributed by atoms with Gasteiger partial charge in [0, 0.05) is 53.6 Å². The first kappa shape index (κ1) is 43.6. The van der Waals surface area contributed by atoms with Crippen molar-refractivity contribution in [2.24, 2.45) is 0 Å². The lowest BCUT2D eigenvalue weighted by atomic mass is 9.71. The zero-order valence-electron chi connectivity index (χ0n) is 36.5. The van der Waals surface area contributed by atoms with E-state index in [9.17, 15) is 24.8 Å². The Kier molecular flexibility index (Phi) is 11.0. The second-order valence-corrected chi connectivity index (χ2v) is 17.6. The number of phenols is 1. The summed E-state index contributed by atoms with van der Waals surface area (Å²) in [6.45, 7) is 11.3. The van der Waals surface area contributed by atoms with Crippen LogP contribution in [0.4, 0.5) is 9.59 Å². The van der Waals surface area contributed by atoms with Crippen LogP contribution in [-0.4, -0.2) is 109 Å². The van der Waals surface area contributed by atoms with Gasteiger partial charge in [-0.05, 0) is 68.1 Å². The topological polar surface area (TPSA) is 205 Å². The molecular formula is C46H46N4O14S. The first-order valence-electron chi connectivity index (χ1n) is 20.8. The molecule has 2 saturated heterocycles. The van der Waals surface area contributed by atoms with Crippen molar-refractivity contribution in [3.8, 4) is 46.3 Å². The Hall–Kier alpha value is -6.62. The molecular weight excluding hydrogens is 865 g/mol. The van der Waals surface area contributed by atoms with Gasteiger partial charge in [-0.2, -0.15) is 5.26 Å². The molecule has 7 heterocycles. The largest absolute Gasteiger partial charge is 0.518 e. The van der Waals surface area contributed by atoms with Crippen molar-refractivity contribution in [2.75, 3.05) is 47.0 Å². The van der Waals surface area contributed by atoms with E-state index in [1.54, 1.807) is 13.0 Å². The van der Waals surface area contributed by atoms with Crippen LogP contribution < -0.4 is 28.4 Å². The van der Waals surface area contributed by atoms with Crippen LogP contribution in [0.5, 0.6) is 40.2 Å². The predicted octanol–water partition coefficient (Wildman–Crippen LogP) is 5.93. The van der Waals surface area contributed by atoms with Gasteiger partial charge in [0.25, 0.3) is 0 Å². The molecule has 3 aromatic carbocycles. The van der Waals surface area contributed by atoms with Crippen LogP contribution in [0.1, 0.15) is 68.8 Å². The lowest BCUT2D eigenvalue weighted by Gasteiger charge is -2.62. The summed E-state index contributed by atoms with van der Waals surface area (Å²) in [5.41, 5.74) is 2.60. The molecule has 10 rings (SSSR count). The highest BCUT2D eigenvalue weighted by Crippen LogP contribution is 2.65. The second-order valence-electron chi connectivity index (χ2n) is 16.4. The number of aromatic hydroxyl groups is 1. The molecule has 4 bridgehead atoms. The molecule has 0 radical (unpaired) electrons. The van der Waals surface area contributed by atoms with Gasteiger partial charge in [-0.3, -0.25) is 19.5 Å². The van der Waals surface area contributed by atoms with E-state index in [4.69, 9.17) is 42.6 Å². The van der Waals surface area contributed by atoms with Crippen LogP contribution in [0.15, 0.2) is 43.9 Å². The van der Waals surface area contributed by atoms with Crippen LogP contribution in [0, 0.1) is 25.2 Å². The van der Waals surface area contributed by atoms with Crippen LogP contribution in [-0.2, 0) is 42.2 Å². The third kappa shape index (κ3) is 6.43. The van der Waals surface area contributed by atoms with Crippen molar-refractivity contribution in [2.45, 2.75) is 74.6 Å². The third-order valence-electron chi connectivity index (χ3n) is 13.4. The molecule has 65 heavy (non-hydrogen) atoms. The summed E-state index contributed by atoms with van der Waals surface area (Å²) >= 11 is 1.27. The monoisotopic (exact) mass is 910 g/mol. The number of phenolic OH excluding ortho intramolecular Hbond substituents is 1. The number of esters is 2. The maximum absolute atomic E-state index is 15.5. The molecule has 18 nitrogen and oxygen atoms in total. The van der Waals surface area contributed by atoms with E-state index in [1.807, 2.05) is 20.0 Å². The summed E-state index contributed by atoms with van der Waals surface area (Å²) in [5, 5.41) is 22.7. The predicted molar refractivity (Wildman–Crippen MR) is 229 cm³/mol. The van der Waals surface area contributed by atoms with Gasteiger partial charge in [-0.25, -0.2) is 14.4 Å². The molecule has 0 aliphatic carbocycles. The van der Waals surface area contributed by atoms with Crippen molar-refractivity contribution >= 4 is 35.9 Å². The van der Waals surface area contributed by atoms with Crippen LogP contribution in [0.3, 0.4) is 0 Å². The van der Waals surface area contributed by atoms with Crippen LogP contribution in [0.25, 0.3) is 0 Å². The molecule has 340 valence electrons. The number of fused-ring (bicyclic) bond motifs is 9. The summed E-state index contributed by atoms with van der Waals surface area (Å²) in [6.07, 6.45) is 0.506. The van der Waals surface area contributed by atoms with Gasteiger partial charge in [0.05, 0.1) is 50.1 Å². The van der Waals surface area contributed by atoms with E-state index in [2.05, 4.69) is 29.0 Å². The number of carbonyl (C=O) groups is 4. The van der Waals surface area contributed by atoms with Crippen molar-refractivity contribution in [3.63, 3.8) is 0 Å². The molecule has 1 N–H and O–H groups in total. The van der Waals surface area contributed by atoms with Gasteiger partial charge in [-0.15, -0.1) is 11.8 Å². The highest BCUT2D eigenvalue weighted by Gasteiger charge is 2.63. The average molecular weight is 911 g/mol. The van der Waals surface area contributed by atoms with Gasteiger partial charge >= 0.3 is 24.2 Å². The highest BCUT2D eigenvalue weighted by molar-refractivity contribution is 7.99. The number of rotatable bonds is 6. The molecule has 2 fully saturated rings. The van der Waals surface area contributed by atoms with Crippen molar-refractivity contribution in [3.05, 3.63) is 88.4 Å². The van der Waals surface area contributed by atoms with Crippen molar-refractivity contribution < 1.29 is 66.9 Å². The van der Waals surface area contributed by atoms with E-state index >= 15 is 4.79 Å². The number of ether oxygens (including phenoxy) is 9. The molecule has 3 aromatic rings. The third-order valence-corrected chi connectivity index (χ3v) is 14.9. The van der Waals surface area contributed by atoms with Gasteiger partial charge in [0.15, 0.2) is 40.0 Å². The zero-order valence-corrected chi connectivity index (χ0v) is 37.3. The molecule has 1 amide bonds. The maximum Gasteiger partial charge on any atom is 0.518 e. The number of hydrogen-bond acceptors (Lipinski definition) is 18. The van der Waals surface area contributed by atoms with Gasteiger partial charge in [-0.1, -0.05) is 19.2 Å². The fourth-order valence-electron chi connectivity index (χ4n) is 10.9. The minimum Gasteiger partial charge on any atom is -0.504 e. The number of thioether (sulfide) groups is 1. The molecule has 19 heteroatoms. The summed E-state index contributed by atoms with van der Waals surface area (Å²) in [4.78, 5) is 60.8. The van der Waals surface area contributed by atoms with Crippen LogP contribution in [0.2, 0.25) is 0 Å². The number of benzene rings is 3. The Morgan fingerprint density at radius 1 is 0.969 bits per heavy atom. The van der Waals surface area contributed by atoms with Crippen molar-refractivity contribution in [1.29, 1.82) is 5.26 Å². The number of piperazine rings is 1. The Balaban J connectivity index is 1.33. The van der Waals surface area contributed by atoms with E-state index in [-0.39, 0.29) is 55.1 Å². The Labute approximate surface area is 378 Å². The van der Waals surface area contributed by atoms with E-state index < -0.39 is 65.2 Å². The second kappa shape index (κ2) is 16.4. The fraction of sp³-hybridized carbons (Fsp3) is 0.413. The Bertz CT molecular complexity index is 2630. The molecule has 0 aromatic heterocycles. The average Bonchev–Trinajstić information content (AvgIpc) is 3.76. The molecule has 1 unspecified atom stereocenters. The lowest BCUT2D eigenvalue weighted by molar-refractivity contribution is -0.162. The lowest BCUT2D eigenvalue weighted by Crippen LogP contribution is -2.69. The molecule has 7 aliphatic heterocycles. The van der Waals surface area contributed by atoms with Gasteiger partial charge in [0.1, 0.15) is 18.4 Å². The van der Waals surface area contributed by atoms with Crippen LogP contribution >= 0.6 is 11.8 Å². The number of hydrogen-bond donors (Lipinski definition) is 1. The summed E-state index contributed by atoms with van der Waals surface area (Å²) in [7, 11) is 4.77. The summed E-state index contributed by atoms with van der Waals surface area (Å²) in [6, 6.07) is 4.15. The number of carbonyl (C=O) groups excluding carboxylic acids is 4. The highest BCUT2D eigenvalue weighted by atomic mass is 32.2. The SMILES string of the molecule is C=COC(=O)Oc1cc2c(cc1OC)[C@@]1(CS[C@@H]3c4c(OC(C)=O)c(C)c5c(c4[C@@H](COC1=O)N1C3[C@H]3c4c(cc(C)c(OC)c4O)C[C@H]([C@@H]1C#N)N3C)OCO5)N(C(=O)OC=C)CC2. The molecule has 1 spiro atoms. The number of nitriles is 1. The minimum atomic E-state index is -1.95. The minimum absolute atomic E-state index is 0.0127. The Morgan fingerprint density at radius 3 is 2.42 bits per heavy atom. The van der Waals surface area contributed by atoms with E-state index in [1.165, 1.54) is 43.9 Å². The van der Waals surface area contributed by atoms with E-state index in [0.717, 1.165) is 23.7 Å². The number of aryl methyl sites for hydroxylation is 1. The number of methoxy groups -OCH3 is 2. The number of likely N-dealkylation sites (N-methyl/N-ethyl adjacent to an activating group) is 1. The standard InChI is InChI=1S/C46H46N4O14S/c1-9-58-44(54)49-12-11-24-15-31(64-45(55)59-10-2)30(56-7)16-26(24)46(49)19-65-42-34-33(41-40(61-20-62-41)22(4)39(34)63-23(5)51)29(18-60-43(46)53)50-28(17-47)27-14-25-13-21(3)38(57-8)37(52)32(25)35(36(42)50)48(27)6/h9-10,13,15-16,27-29,35-36,42,52H,1-2,11-12,14,18-20H2,3-8H3/t27-,28+,29-,35-,36?,42-,46-/m1/s1. The number of nitrogens with zero attached hydrogens (tertiary/aromatic N) is 4. The van der Waals surface area contributed by atoms with Gasteiger partial charge in [0.2, 0.25) is 6.79 Å².